The minimum Gasteiger partial charge on any atom is -0.392 e. The number of hydrogen-bond donors (Lipinski definition) is 2. The highest BCUT2D eigenvalue weighted by Gasteiger charge is 2.25. The maximum absolute atomic E-state index is 9.84. The first kappa shape index (κ1) is 13.4. The van der Waals surface area contributed by atoms with Crippen molar-refractivity contribution in [2.75, 3.05) is 11.4 Å². The molecule has 20 heavy (non-hydrogen) atoms. The zero-order chi connectivity index (χ0) is 13.9. The Morgan fingerprint density at radius 2 is 2.15 bits per heavy atom. The molecule has 2 heterocycles. The summed E-state index contributed by atoms with van der Waals surface area (Å²) >= 11 is 0. The van der Waals surface area contributed by atoms with Crippen LogP contribution in [0.5, 0.6) is 0 Å². The highest BCUT2D eigenvalue weighted by atomic mass is 16.3. The normalized spacial score (nSPS) is 18.3. The monoisotopic (exact) mass is 274 g/mol. The summed E-state index contributed by atoms with van der Waals surface area (Å²) in [6.45, 7) is 2.47. The number of aliphatic hydroxyl groups is 1. The van der Waals surface area contributed by atoms with Gasteiger partial charge in [-0.1, -0.05) is 19.3 Å². The van der Waals surface area contributed by atoms with Gasteiger partial charge in [-0.3, -0.25) is 0 Å². The summed E-state index contributed by atoms with van der Waals surface area (Å²) in [7, 11) is 0. The van der Waals surface area contributed by atoms with Crippen LogP contribution in [-0.4, -0.2) is 38.7 Å². The van der Waals surface area contributed by atoms with Gasteiger partial charge >= 0.3 is 0 Å². The van der Waals surface area contributed by atoms with E-state index in [1.165, 1.54) is 32.1 Å². The summed E-state index contributed by atoms with van der Waals surface area (Å²) in [5.74, 6) is 0.948. The van der Waals surface area contributed by atoms with E-state index >= 15 is 0 Å². The van der Waals surface area contributed by atoms with Crippen molar-refractivity contribution in [3.05, 3.63) is 18.6 Å². The lowest BCUT2D eigenvalue weighted by Crippen LogP contribution is -2.41. The SMILES string of the molecule is CC(O)CN(c1ncnc2[nH]ccc12)C1CCCCC1. The molecular weight excluding hydrogens is 252 g/mol. The average molecular weight is 274 g/mol. The molecule has 2 aromatic rings. The molecule has 1 fully saturated rings. The van der Waals surface area contributed by atoms with Gasteiger partial charge in [0.15, 0.2) is 0 Å². The van der Waals surface area contributed by atoms with Gasteiger partial charge in [-0.2, -0.15) is 0 Å². The largest absolute Gasteiger partial charge is 0.392 e. The first-order chi connectivity index (χ1) is 9.75. The van der Waals surface area contributed by atoms with Crippen molar-refractivity contribution in [1.29, 1.82) is 0 Å². The number of hydrogen-bond acceptors (Lipinski definition) is 4. The van der Waals surface area contributed by atoms with Crippen LogP contribution in [-0.2, 0) is 0 Å². The molecule has 0 spiro atoms. The van der Waals surface area contributed by atoms with Crippen molar-refractivity contribution in [2.24, 2.45) is 0 Å². The number of H-pyrrole nitrogens is 1. The highest BCUT2D eigenvalue weighted by Crippen LogP contribution is 2.30. The number of fused-ring (bicyclic) bond motifs is 1. The number of nitrogens with zero attached hydrogens (tertiary/aromatic N) is 3. The molecule has 5 heteroatoms. The standard InChI is InChI=1S/C15H22N4O/c1-11(20)9-19(12-5-3-2-4-6-12)15-13-7-8-16-14(13)17-10-18-15/h7-8,10-12,20H,2-6,9H2,1H3,(H,16,17,18). The number of aliphatic hydroxyl groups excluding tert-OH is 1. The Labute approximate surface area is 119 Å². The molecule has 1 atom stereocenters. The fourth-order valence-electron chi connectivity index (χ4n) is 3.17. The molecule has 1 saturated carbocycles. The summed E-state index contributed by atoms with van der Waals surface area (Å²) in [6.07, 6.45) is 9.36. The number of rotatable bonds is 4. The lowest BCUT2D eigenvalue weighted by atomic mass is 9.94. The third-order valence-corrected chi connectivity index (χ3v) is 4.08. The Morgan fingerprint density at radius 1 is 1.35 bits per heavy atom. The van der Waals surface area contributed by atoms with Crippen LogP contribution in [0.2, 0.25) is 0 Å². The second-order valence-electron chi connectivity index (χ2n) is 5.73. The van der Waals surface area contributed by atoms with Gasteiger partial charge in [-0.05, 0) is 25.8 Å². The number of anilines is 1. The number of nitrogens with one attached hydrogen (secondary N) is 1. The Balaban J connectivity index is 1.97. The molecule has 0 amide bonds. The van der Waals surface area contributed by atoms with E-state index in [4.69, 9.17) is 0 Å². The number of aromatic nitrogens is 3. The van der Waals surface area contributed by atoms with Crippen LogP contribution in [0, 0.1) is 0 Å². The van der Waals surface area contributed by atoms with Gasteiger partial charge in [0.2, 0.25) is 0 Å². The second kappa shape index (κ2) is 5.79. The lowest BCUT2D eigenvalue weighted by molar-refractivity contribution is 0.193. The smallest absolute Gasteiger partial charge is 0.142 e. The van der Waals surface area contributed by atoms with Crippen molar-refractivity contribution in [2.45, 2.75) is 51.2 Å². The summed E-state index contributed by atoms with van der Waals surface area (Å²) < 4.78 is 0. The first-order valence-corrected chi connectivity index (χ1v) is 7.48. The van der Waals surface area contributed by atoms with Crippen LogP contribution in [0.25, 0.3) is 11.0 Å². The third-order valence-electron chi connectivity index (χ3n) is 4.08. The van der Waals surface area contributed by atoms with Gasteiger partial charge < -0.3 is 15.0 Å². The van der Waals surface area contributed by atoms with E-state index in [0.717, 1.165) is 16.9 Å². The molecule has 108 valence electrons. The molecule has 2 N–H and O–H groups in total. The van der Waals surface area contributed by atoms with E-state index in [9.17, 15) is 5.11 Å². The van der Waals surface area contributed by atoms with Gasteiger partial charge in [0.05, 0.1) is 11.5 Å². The summed E-state index contributed by atoms with van der Waals surface area (Å²) in [5, 5.41) is 10.9. The zero-order valence-electron chi connectivity index (χ0n) is 11.9. The maximum Gasteiger partial charge on any atom is 0.142 e. The minimum absolute atomic E-state index is 0.360. The predicted octanol–water partition coefficient (Wildman–Crippen LogP) is 2.48. The van der Waals surface area contributed by atoms with Gasteiger partial charge in [-0.15, -0.1) is 0 Å². The van der Waals surface area contributed by atoms with E-state index in [1.54, 1.807) is 6.33 Å². The van der Waals surface area contributed by atoms with Crippen LogP contribution in [0.4, 0.5) is 5.82 Å². The maximum atomic E-state index is 9.84. The molecular formula is C15H22N4O. The van der Waals surface area contributed by atoms with Crippen molar-refractivity contribution in [1.82, 2.24) is 15.0 Å². The van der Waals surface area contributed by atoms with Crippen molar-refractivity contribution in [3.8, 4) is 0 Å². The van der Waals surface area contributed by atoms with Gasteiger partial charge in [0.1, 0.15) is 17.8 Å². The van der Waals surface area contributed by atoms with Crippen molar-refractivity contribution >= 4 is 16.9 Å². The van der Waals surface area contributed by atoms with Crippen LogP contribution in [0.15, 0.2) is 18.6 Å². The van der Waals surface area contributed by atoms with E-state index in [0.29, 0.717) is 12.6 Å². The summed E-state index contributed by atoms with van der Waals surface area (Å²) in [6, 6.07) is 2.49. The Hall–Kier alpha value is -1.62. The predicted molar refractivity (Wildman–Crippen MR) is 79.8 cm³/mol. The van der Waals surface area contributed by atoms with Gasteiger partial charge in [-0.25, -0.2) is 9.97 Å². The van der Waals surface area contributed by atoms with Crippen LogP contribution < -0.4 is 4.90 Å². The second-order valence-corrected chi connectivity index (χ2v) is 5.73. The molecule has 1 aliphatic carbocycles. The van der Waals surface area contributed by atoms with Crippen LogP contribution in [0.1, 0.15) is 39.0 Å². The zero-order valence-corrected chi connectivity index (χ0v) is 11.9. The van der Waals surface area contributed by atoms with E-state index < -0.39 is 0 Å². The third kappa shape index (κ3) is 2.63. The first-order valence-electron chi connectivity index (χ1n) is 7.48. The van der Waals surface area contributed by atoms with E-state index in [1.807, 2.05) is 19.2 Å². The van der Waals surface area contributed by atoms with Crippen molar-refractivity contribution in [3.63, 3.8) is 0 Å². The van der Waals surface area contributed by atoms with Gasteiger partial charge in [0.25, 0.3) is 0 Å². The number of aromatic amines is 1. The summed E-state index contributed by atoms with van der Waals surface area (Å²) in [5.41, 5.74) is 0.862. The molecule has 0 aliphatic heterocycles. The van der Waals surface area contributed by atoms with Crippen LogP contribution in [0.3, 0.4) is 0 Å². The Bertz CT molecular complexity index is 560. The highest BCUT2D eigenvalue weighted by molar-refractivity contribution is 5.87. The molecule has 1 unspecified atom stereocenters. The molecule has 3 rings (SSSR count). The molecule has 2 aromatic heterocycles. The molecule has 0 radical (unpaired) electrons. The Morgan fingerprint density at radius 3 is 2.90 bits per heavy atom. The average Bonchev–Trinajstić information content (AvgIpc) is 2.94. The van der Waals surface area contributed by atoms with E-state index in [-0.39, 0.29) is 6.10 Å². The topological polar surface area (TPSA) is 65.0 Å². The minimum atomic E-state index is -0.360. The molecule has 0 saturated heterocycles. The Kier molecular flexibility index (Phi) is 3.87. The van der Waals surface area contributed by atoms with Gasteiger partial charge in [0, 0.05) is 18.8 Å². The molecule has 0 aromatic carbocycles. The molecule has 0 bridgehead atoms. The van der Waals surface area contributed by atoms with E-state index in [2.05, 4.69) is 19.9 Å². The fourth-order valence-corrected chi connectivity index (χ4v) is 3.17. The van der Waals surface area contributed by atoms with Crippen molar-refractivity contribution < 1.29 is 5.11 Å². The summed E-state index contributed by atoms with van der Waals surface area (Å²) in [4.78, 5) is 14.2. The molecule has 1 aliphatic rings. The lowest BCUT2D eigenvalue weighted by Gasteiger charge is -2.36. The van der Waals surface area contributed by atoms with Crippen LogP contribution >= 0.6 is 0 Å². The quantitative estimate of drug-likeness (QED) is 0.899. The fraction of sp³-hybridized carbons (Fsp3) is 0.600. The molecule has 5 nitrogen and oxygen atoms in total.